The van der Waals surface area contributed by atoms with Crippen LogP contribution < -0.4 is 10.6 Å². The number of aliphatic imine (C=N–C) groups is 1. The summed E-state index contributed by atoms with van der Waals surface area (Å²) in [4.78, 5) is 6.92. The third-order valence-electron chi connectivity index (χ3n) is 2.94. The number of hydrogen-bond acceptors (Lipinski definition) is 4. The van der Waals surface area contributed by atoms with Crippen molar-refractivity contribution in [1.29, 1.82) is 0 Å². The predicted molar refractivity (Wildman–Crippen MR) is 97.2 cm³/mol. The van der Waals surface area contributed by atoms with Crippen molar-refractivity contribution >= 4 is 41.3 Å². The normalized spacial score (nSPS) is 11.1. The topological polar surface area (TPSA) is 67.1 Å². The molecule has 0 fully saturated rings. The summed E-state index contributed by atoms with van der Waals surface area (Å²) in [5.74, 6) is 1.64. The zero-order chi connectivity index (χ0) is 14.4. The van der Waals surface area contributed by atoms with E-state index in [-0.39, 0.29) is 24.0 Å². The molecule has 8 heteroatoms. The molecule has 2 aromatic heterocycles. The van der Waals surface area contributed by atoms with Gasteiger partial charge in [0, 0.05) is 23.8 Å². The minimum absolute atomic E-state index is 0. The van der Waals surface area contributed by atoms with Gasteiger partial charge in [0.05, 0.1) is 13.1 Å². The second-order valence-electron chi connectivity index (χ2n) is 4.36. The van der Waals surface area contributed by atoms with Gasteiger partial charge in [0.15, 0.2) is 11.8 Å². The molecule has 0 saturated heterocycles. The molecule has 2 rings (SSSR count). The first-order valence-corrected chi connectivity index (χ1v) is 7.39. The second-order valence-corrected chi connectivity index (χ2v) is 5.61. The molecule has 116 valence electrons. The Bertz CT molecular complexity index is 577. The number of aryl methyl sites for hydroxylation is 2. The van der Waals surface area contributed by atoms with Crippen molar-refractivity contribution in [2.24, 2.45) is 12.0 Å². The summed E-state index contributed by atoms with van der Waals surface area (Å²) in [5.41, 5.74) is 0. The van der Waals surface area contributed by atoms with Crippen molar-refractivity contribution in [3.63, 3.8) is 0 Å². The molecule has 21 heavy (non-hydrogen) atoms. The molecule has 0 bridgehead atoms. The Morgan fingerprint density at radius 2 is 2.00 bits per heavy atom. The molecule has 0 unspecified atom stereocenters. The van der Waals surface area contributed by atoms with Gasteiger partial charge in [-0.2, -0.15) is 0 Å². The summed E-state index contributed by atoms with van der Waals surface area (Å²) in [6, 6.07) is 4.34. The highest BCUT2D eigenvalue weighted by Crippen LogP contribution is 2.16. The van der Waals surface area contributed by atoms with Gasteiger partial charge >= 0.3 is 0 Å². The van der Waals surface area contributed by atoms with Crippen LogP contribution in [0, 0.1) is 0 Å². The fourth-order valence-corrected chi connectivity index (χ4v) is 2.63. The smallest absolute Gasteiger partial charge is 0.191 e. The van der Waals surface area contributed by atoms with Crippen molar-refractivity contribution in [1.82, 2.24) is 25.4 Å². The van der Waals surface area contributed by atoms with Crippen molar-refractivity contribution < 1.29 is 0 Å². The maximum absolute atomic E-state index is 4.20. The van der Waals surface area contributed by atoms with E-state index in [1.54, 1.807) is 13.4 Å². The Morgan fingerprint density at radius 1 is 1.29 bits per heavy atom. The van der Waals surface area contributed by atoms with E-state index in [0.717, 1.165) is 24.7 Å². The highest BCUT2D eigenvalue weighted by molar-refractivity contribution is 14.0. The SMILES string of the molecule is CCc1ccc(CNC(=NC)NCc2nncn2C)s1.I. The van der Waals surface area contributed by atoms with E-state index >= 15 is 0 Å². The Morgan fingerprint density at radius 3 is 2.57 bits per heavy atom. The summed E-state index contributed by atoms with van der Waals surface area (Å²) < 4.78 is 1.88. The summed E-state index contributed by atoms with van der Waals surface area (Å²) in [7, 11) is 3.68. The molecule has 6 nitrogen and oxygen atoms in total. The van der Waals surface area contributed by atoms with Gasteiger partial charge in [0.2, 0.25) is 0 Å². The van der Waals surface area contributed by atoms with Gasteiger partial charge in [-0.1, -0.05) is 6.92 Å². The lowest BCUT2D eigenvalue weighted by Crippen LogP contribution is -2.36. The van der Waals surface area contributed by atoms with Crippen LogP contribution in [-0.2, 0) is 26.6 Å². The maximum atomic E-state index is 4.20. The van der Waals surface area contributed by atoms with Crippen LogP contribution in [0.1, 0.15) is 22.5 Å². The minimum Gasteiger partial charge on any atom is -0.352 e. The lowest BCUT2D eigenvalue weighted by atomic mass is 10.4. The van der Waals surface area contributed by atoms with E-state index in [1.165, 1.54) is 9.75 Å². The maximum Gasteiger partial charge on any atom is 0.191 e. The molecular weight excluding hydrogens is 399 g/mol. The van der Waals surface area contributed by atoms with Gasteiger partial charge in [-0.3, -0.25) is 4.99 Å². The molecule has 0 aromatic carbocycles. The van der Waals surface area contributed by atoms with Crippen LogP contribution in [0.25, 0.3) is 0 Å². The van der Waals surface area contributed by atoms with Crippen LogP contribution in [0.2, 0.25) is 0 Å². The van der Waals surface area contributed by atoms with Crippen molar-refractivity contribution in [3.8, 4) is 0 Å². The Kier molecular flexibility index (Phi) is 7.65. The quantitative estimate of drug-likeness (QED) is 0.441. The molecule has 0 saturated carbocycles. The van der Waals surface area contributed by atoms with Crippen molar-refractivity contribution in [2.75, 3.05) is 7.05 Å². The zero-order valence-corrected chi connectivity index (χ0v) is 15.6. The lowest BCUT2D eigenvalue weighted by Gasteiger charge is -2.10. The van der Waals surface area contributed by atoms with Gasteiger partial charge in [0.25, 0.3) is 0 Å². The van der Waals surface area contributed by atoms with Crippen LogP contribution in [0.15, 0.2) is 23.5 Å². The molecular formula is C13H21IN6S. The van der Waals surface area contributed by atoms with E-state index in [0.29, 0.717) is 6.54 Å². The number of rotatable bonds is 5. The van der Waals surface area contributed by atoms with Gasteiger partial charge in [-0.25, -0.2) is 0 Å². The molecule has 0 aliphatic rings. The first kappa shape index (κ1) is 17.9. The van der Waals surface area contributed by atoms with Crippen LogP contribution in [-0.4, -0.2) is 27.8 Å². The molecule has 0 amide bonds. The molecule has 2 N–H and O–H groups in total. The largest absolute Gasteiger partial charge is 0.352 e. The van der Waals surface area contributed by atoms with E-state index in [2.05, 4.69) is 44.9 Å². The van der Waals surface area contributed by atoms with Gasteiger partial charge in [-0.15, -0.1) is 45.5 Å². The Balaban J connectivity index is 0.00000220. The predicted octanol–water partition coefficient (Wildman–Crippen LogP) is 1.92. The Hall–Kier alpha value is -1.16. The Labute approximate surface area is 146 Å². The van der Waals surface area contributed by atoms with E-state index < -0.39 is 0 Å². The molecule has 2 heterocycles. The third kappa shape index (κ3) is 5.27. The van der Waals surface area contributed by atoms with E-state index in [9.17, 15) is 0 Å². The van der Waals surface area contributed by atoms with Crippen LogP contribution in [0.4, 0.5) is 0 Å². The highest BCUT2D eigenvalue weighted by Gasteiger charge is 2.04. The third-order valence-corrected chi connectivity index (χ3v) is 4.17. The van der Waals surface area contributed by atoms with Gasteiger partial charge in [0.1, 0.15) is 6.33 Å². The summed E-state index contributed by atoms with van der Waals surface area (Å²) >= 11 is 1.83. The van der Waals surface area contributed by atoms with Crippen molar-refractivity contribution in [3.05, 3.63) is 34.0 Å². The summed E-state index contributed by atoms with van der Waals surface area (Å²) in [6.45, 7) is 3.55. The van der Waals surface area contributed by atoms with E-state index in [4.69, 9.17) is 0 Å². The second kappa shape index (κ2) is 8.98. The van der Waals surface area contributed by atoms with Gasteiger partial charge in [-0.05, 0) is 18.6 Å². The van der Waals surface area contributed by atoms with Crippen molar-refractivity contribution in [2.45, 2.75) is 26.4 Å². The fourth-order valence-electron chi connectivity index (χ4n) is 1.73. The lowest BCUT2D eigenvalue weighted by molar-refractivity contribution is 0.727. The number of halogens is 1. The number of hydrogen-bond donors (Lipinski definition) is 2. The van der Waals surface area contributed by atoms with Crippen LogP contribution in [0.3, 0.4) is 0 Å². The van der Waals surface area contributed by atoms with Gasteiger partial charge < -0.3 is 15.2 Å². The number of nitrogens with zero attached hydrogens (tertiary/aromatic N) is 4. The molecule has 0 aliphatic carbocycles. The molecule has 0 radical (unpaired) electrons. The number of guanidine groups is 1. The highest BCUT2D eigenvalue weighted by atomic mass is 127. The number of aromatic nitrogens is 3. The minimum atomic E-state index is 0. The average molecular weight is 420 g/mol. The monoisotopic (exact) mass is 420 g/mol. The summed E-state index contributed by atoms with van der Waals surface area (Å²) in [6.07, 6.45) is 2.77. The molecule has 0 aliphatic heterocycles. The zero-order valence-electron chi connectivity index (χ0n) is 12.5. The first-order chi connectivity index (χ1) is 9.72. The molecule has 0 spiro atoms. The average Bonchev–Trinajstić information content (AvgIpc) is 3.08. The van der Waals surface area contributed by atoms with E-state index in [1.807, 2.05) is 23.0 Å². The number of nitrogens with one attached hydrogen (secondary N) is 2. The standard InChI is InChI=1S/C13H20N6S.HI/c1-4-10-5-6-11(20-10)7-15-13(14-2)16-8-12-18-17-9-19(12)3;/h5-6,9H,4,7-8H2,1-3H3,(H2,14,15,16);1H. The van der Waals surface area contributed by atoms with Crippen LogP contribution >= 0.6 is 35.3 Å². The summed E-state index contributed by atoms with van der Waals surface area (Å²) in [5, 5.41) is 14.4. The van der Waals surface area contributed by atoms with Crippen LogP contribution in [0.5, 0.6) is 0 Å². The first-order valence-electron chi connectivity index (χ1n) is 6.58. The number of thiophene rings is 1. The fraction of sp³-hybridized carbons (Fsp3) is 0.462. The molecule has 2 aromatic rings. The molecule has 0 atom stereocenters.